The average molecular weight is 759 g/mol. The van der Waals surface area contributed by atoms with E-state index >= 15 is 4.39 Å². The van der Waals surface area contributed by atoms with Gasteiger partial charge in [0.15, 0.2) is 0 Å². The fourth-order valence-corrected chi connectivity index (χ4v) is 7.61. The molecule has 2 amide bonds. The average Bonchev–Trinajstić information content (AvgIpc) is 3.76. The van der Waals surface area contributed by atoms with E-state index in [4.69, 9.17) is 32.9 Å². The minimum absolute atomic E-state index is 0.00315. The lowest BCUT2D eigenvalue weighted by Crippen LogP contribution is -2.36. The van der Waals surface area contributed by atoms with E-state index in [1.165, 1.54) is 17.6 Å². The lowest BCUT2D eigenvalue weighted by molar-refractivity contribution is -0.120. The normalized spacial score (nSPS) is 17.0. The number of ether oxygens (including phenoxy) is 1. The van der Waals surface area contributed by atoms with Crippen LogP contribution in [0.3, 0.4) is 0 Å². The lowest BCUT2D eigenvalue weighted by Gasteiger charge is -2.16. The molecule has 0 spiro atoms. The highest BCUT2D eigenvalue weighted by molar-refractivity contribution is 6.39. The monoisotopic (exact) mass is 757 g/mol. The van der Waals surface area contributed by atoms with Crippen molar-refractivity contribution in [2.24, 2.45) is 0 Å². The van der Waals surface area contributed by atoms with Crippen molar-refractivity contribution >= 4 is 40.7 Å². The number of halogens is 3. The van der Waals surface area contributed by atoms with Gasteiger partial charge >= 0.3 is 0 Å². The number of amides is 2. The van der Waals surface area contributed by atoms with Gasteiger partial charge in [0, 0.05) is 91.3 Å². The van der Waals surface area contributed by atoms with E-state index in [2.05, 4.69) is 26.3 Å². The van der Waals surface area contributed by atoms with Crippen LogP contribution in [0.15, 0.2) is 65.6 Å². The predicted molar refractivity (Wildman–Crippen MR) is 203 cm³/mol. The number of methoxy groups -OCH3 is 1. The summed E-state index contributed by atoms with van der Waals surface area (Å²) in [6, 6.07) is 16.1. The van der Waals surface area contributed by atoms with Crippen LogP contribution in [0.2, 0.25) is 10.0 Å². The summed E-state index contributed by atoms with van der Waals surface area (Å²) in [5.74, 6) is -0.303. The van der Waals surface area contributed by atoms with Gasteiger partial charge in [0.05, 0.1) is 34.0 Å². The summed E-state index contributed by atoms with van der Waals surface area (Å²) in [4.78, 5) is 45.9. The summed E-state index contributed by atoms with van der Waals surface area (Å²) >= 11 is 14.1. The topological polar surface area (TPSA) is 139 Å². The van der Waals surface area contributed by atoms with E-state index in [1.54, 1.807) is 12.3 Å². The summed E-state index contributed by atoms with van der Waals surface area (Å²) in [5, 5.41) is 13.1. The number of hydrogen-bond donors (Lipinski definition) is 4. The molecule has 2 aliphatic rings. The van der Waals surface area contributed by atoms with Gasteiger partial charge in [-0.05, 0) is 37.5 Å². The molecule has 0 bridgehead atoms. The summed E-state index contributed by atoms with van der Waals surface area (Å²) in [5.41, 5.74) is 5.30. The maximum atomic E-state index is 15.6. The molecule has 11 nitrogen and oxygen atoms in total. The Morgan fingerprint density at radius 1 is 0.830 bits per heavy atom. The number of rotatable bonds is 12. The molecule has 2 atom stereocenters. The molecule has 274 valence electrons. The zero-order valence-corrected chi connectivity index (χ0v) is 30.7. The van der Waals surface area contributed by atoms with Crippen molar-refractivity contribution in [2.75, 3.05) is 20.2 Å². The maximum absolute atomic E-state index is 15.6. The van der Waals surface area contributed by atoms with Crippen molar-refractivity contribution in [3.8, 4) is 39.4 Å². The van der Waals surface area contributed by atoms with Gasteiger partial charge in [-0.3, -0.25) is 18.8 Å². The van der Waals surface area contributed by atoms with Crippen LogP contribution < -0.4 is 31.6 Å². The van der Waals surface area contributed by atoms with E-state index in [1.807, 2.05) is 49.4 Å². The first kappa shape index (κ1) is 36.5. The van der Waals surface area contributed by atoms with Crippen LogP contribution in [0.4, 0.5) is 4.39 Å². The van der Waals surface area contributed by atoms with Crippen LogP contribution >= 0.6 is 23.2 Å². The number of nitrogens with zero attached hydrogens (tertiary/aromatic N) is 3. The fourth-order valence-electron chi connectivity index (χ4n) is 6.95. The molecule has 0 aliphatic carbocycles. The van der Waals surface area contributed by atoms with Crippen LogP contribution in [-0.2, 0) is 22.7 Å². The zero-order chi connectivity index (χ0) is 37.2. The maximum Gasteiger partial charge on any atom is 0.262 e. The second-order valence-electron chi connectivity index (χ2n) is 13.3. The molecule has 5 aromatic rings. The quantitative estimate of drug-likeness (QED) is 0.129. The molecule has 0 radical (unpaired) electrons. The number of hydrogen-bond acceptors (Lipinski definition) is 8. The predicted octanol–water partition coefficient (Wildman–Crippen LogP) is 5.59. The molecule has 2 aliphatic heterocycles. The van der Waals surface area contributed by atoms with Gasteiger partial charge in [-0.2, -0.15) is 0 Å². The highest BCUT2D eigenvalue weighted by Gasteiger charge is 2.23. The van der Waals surface area contributed by atoms with E-state index in [0.717, 1.165) is 18.4 Å². The molecule has 0 unspecified atom stereocenters. The number of carbonyl (C=O) groups excluding carboxylic acids is 2. The summed E-state index contributed by atoms with van der Waals surface area (Å²) < 4.78 is 22.6. The van der Waals surface area contributed by atoms with Gasteiger partial charge < -0.3 is 26.0 Å². The minimum Gasteiger partial charge on any atom is -0.481 e. The molecule has 0 saturated carbocycles. The molecule has 14 heteroatoms. The largest absolute Gasteiger partial charge is 0.481 e. The first-order valence-electron chi connectivity index (χ1n) is 17.4. The van der Waals surface area contributed by atoms with Gasteiger partial charge in [-0.15, -0.1) is 0 Å². The first-order chi connectivity index (χ1) is 25.6. The smallest absolute Gasteiger partial charge is 0.262 e. The Bertz CT molecular complexity index is 2300. The molecule has 2 fully saturated rings. The highest BCUT2D eigenvalue weighted by atomic mass is 35.5. The number of fused-ring (bicyclic) bond motifs is 1. The second-order valence-corrected chi connectivity index (χ2v) is 14.1. The van der Waals surface area contributed by atoms with Crippen LogP contribution in [0, 0.1) is 12.7 Å². The van der Waals surface area contributed by atoms with E-state index in [0.29, 0.717) is 87.4 Å². The molecule has 4 N–H and O–H groups in total. The van der Waals surface area contributed by atoms with Gasteiger partial charge in [-0.25, -0.2) is 14.4 Å². The van der Waals surface area contributed by atoms with Crippen molar-refractivity contribution in [1.29, 1.82) is 0 Å². The lowest BCUT2D eigenvalue weighted by atomic mass is 9.97. The Hall–Kier alpha value is -4.88. The van der Waals surface area contributed by atoms with Crippen LogP contribution in [0.25, 0.3) is 39.2 Å². The number of carbonyl (C=O) groups is 2. The molecular formula is C39H38Cl2FN7O4. The van der Waals surface area contributed by atoms with Crippen LogP contribution in [-0.4, -0.2) is 58.5 Å². The Kier molecular flexibility index (Phi) is 10.7. The Morgan fingerprint density at radius 2 is 1.42 bits per heavy atom. The minimum atomic E-state index is -0.502. The molecule has 53 heavy (non-hydrogen) atoms. The molecule has 3 aromatic heterocycles. The standard InChI is InChI=1S/C39H38Cl2FN7O4/c1-21-29(19-43-17-23-9-11-34(50)46-23)39(52)49-14-13-22(15-33(49)45-21)25-5-3-6-26(36(25)40)27-7-4-8-28(37(27)41)32-16-31(42)30(38(48-32)53-2)20-44-18-24-10-12-35(51)47-24/h3-8,13-16,23-24,43-44H,9-12,17-20H2,1-2H3,(H,46,50)(H,47,51)/t23-,24-/m0/s1. The summed E-state index contributed by atoms with van der Waals surface area (Å²) in [6.07, 6.45) is 4.20. The molecule has 5 heterocycles. The number of aromatic nitrogens is 3. The first-order valence-corrected chi connectivity index (χ1v) is 18.2. The number of pyridine rings is 2. The van der Waals surface area contributed by atoms with Crippen molar-refractivity contribution < 1.29 is 18.7 Å². The Morgan fingerprint density at radius 3 is 2.02 bits per heavy atom. The van der Waals surface area contributed by atoms with Crippen LogP contribution in [0.1, 0.15) is 42.5 Å². The Labute approximate surface area is 315 Å². The number of benzene rings is 2. The van der Waals surface area contributed by atoms with E-state index in [-0.39, 0.29) is 47.4 Å². The fraction of sp³-hybridized carbons (Fsp3) is 0.308. The van der Waals surface area contributed by atoms with Crippen molar-refractivity contribution in [1.82, 2.24) is 35.6 Å². The zero-order valence-electron chi connectivity index (χ0n) is 29.2. The van der Waals surface area contributed by atoms with Crippen LogP contribution in [0.5, 0.6) is 5.88 Å². The van der Waals surface area contributed by atoms with Crippen molar-refractivity contribution in [2.45, 2.75) is 57.8 Å². The highest BCUT2D eigenvalue weighted by Crippen LogP contribution is 2.42. The number of aryl methyl sites for hydroxylation is 1. The van der Waals surface area contributed by atoms with E-state index in [9.17, 15) is 14.4 Å². The molecular weight excluding hydrogens is 720 g/mol. The third-order valence-electron chi connectivity index (χ3n) is 9.79. The van der Waals surface area contributed by atoms with Gasteiger partial charge in [-0.1, -0.05) is 59.6 Å². The molecule has 7 rings (SSSR count). The van der Waals surface area contributed by atoms with Gasteiger partial charge in [0.1, 0.15) is 11.5 Å². The second kappa shape index (κ2) is 15.6. The van der Waals surface area contributed by atoms with Gasteiger partial charge in [0.25, 0.3) is 5.56 Å². The van der Waals surface area contributed by atoms with E-state index < -0.39 is 5.82 Å². The summed E-state index contributed by atoms with van der Waals surface area (Å²) in [7, 11) is 1.44. The summed E-state index contributed by atoms with van der Waals surface area (Å²) in [6.45, 7) is 3.39. The molecule has 2 saturated heterocycles. The SMILES string of the molecule is COc1nc(-c2cccc(-c3cccc(-c4ccn5c(=O)c(CNC[C@@H]6CCC(=O)N6)c(C)nc5c4)c3Cl)c2Cl)cc(F)c1CNC[C@@H]1CCC(=O)N1. The number of nitrogens with one attached hydrogen (secondary N) is 4. The third-order valence-corrected chi connectivity index (χ3v) is 10.6. The van der Waals surface area contributed by atoms with Crippen molar-refractivity contribution in [3.63, 3.8) is 0 Å². The Balaban J connectivity index is 1.14. The van der Waals surface area contributed by atoms with Gasteiger partial charge in [0.2, 0.25) is 17.7 Å². The molecule has 2 aromatic carbocycles. The van der Waals surface area contributed by atoms with Crippen molar-refractivity contribution in [3.05, 3.63) is 104 Å². The third kappa shape index (κ3) is 7.63.